The highest BCUT2D eigenvalue weighted by Crippen LogP contribution is 2.65. The summed E-state index contributed by atoms with van der Waals surface area (Å²) in [5.41, 5.74) is 0.401. The highest BCUT2D eigenvalue weighted by Gasteiger charge is 2.55. The number of allylic oxidation sites excluding steroid dienone is 1. The Morgan fingerprint density at radius 3 is 2.30 bits per heavy atom. The number of fused-ring (bicyclic) bond motifs is 1. The Kier molecular flexibility index (Phi) is 5.02. The first-order valence-electron chi connectivity index (χ1n) is 6.33. The fourth-order valence-corrected chi connectivity index (χ4v) is 6.40. The van der Waals surface area contributed by atoms with Gasteiger partial charge >= 0.3 is 7.60 Å². The summed E-state index contributed by atoms with van der Waals surface area (Å²) in [4.78, 5) is 12.3. The molecule has 1 atom stereocenters. The van der Waals surface area contributed by atoms with Gasteiger partial charge in [-0.1, -0.05) is 24.3 Å². The van der Waals surface area contributed by atoms with E-state index < -0.39 is 22.9 Å². The summed E-state index contributed by atoms with van der Waals surface area (Å²) in [6.07, 6.45) is 2.14. The van der Waals surface area contributed by atoms with Crippen LogP contribution < -0.4 is 4.72 Å². The van der Waals surface area contributed by atoms with Gasteiger partial charge in [0.2, 0.25) is 10.0 Å². The molecule has 0 bridgehead atoms. The quantitative estimate of drug-likeness (QED) is 0.729. The van der Waals surface area contributed by atoms with Gasteiger partial charge in [0.15, 0.2) is 11.1 Å². The number of Topliss-reactive ketones (excluding diaryl/α,β-unsaturated/α-hetero) is 1. The molecule has 7 nitrogen and oxygen atoms in total. The van der Waals surface area contributed by atoms with Crippen LogP contribution in [0.25, 0.3) is 0 Å². The molecule has 1 aliphatic rings. The fraction of sp³-hybridized carbons (Fsp3) is 0.308. The van der Waals surface area contributed by atoms with E-state index in [0.29, 0.717) is 0 Å². The van der Waals surface area contributed by atoms with E-state index in [9.17, 15) is 17.8 Å². The molecule has 0 saturated heterocycles. The first-order valence-corrected chi connectivity index (χ1v) is 10.6. The molecule has 0 spiro atoms. The van der Waals surface area contributed by atoms with Crippen LogP contribution in [0, 0.1) is 0 Å². The average Bonchev–Trinajstić information content (AvgIpc) is 2.50. The van der Waals surface area contributed by atoms with E-state index in [1.165, 1.54) is 18.2 Å². The second-order valence-electron chi connectivity index (χ2n) is 4.87. The lowest BCUT2D eigenvalue weighted by molar-refractivity contribution is 0.103. The van der Waals surface area contributed by atoms with Crippen molar-refractivity contribution in [3.05, 3.63) is 46.0 Å². The molecule has 0 heterocycles. The summed E-state index contributed by atoms with van der Waals surface area (Å²) in [6.45, 7) is 0. The topological polar surface area (TPSA) is 98.8 Å². The van der Waals surface area contributed by atoms with Crippen molar-refractivity contribution in [2.45, 2.75) is 5.28 Å². The average molecular weight is 424 g/mol. The molecule has 1 aromatic carbocycles. The highest BCUT2D eigenvalue weighted by atomic mass is 79.9. The molecule has 0 amide bonds. The molecule has 1 aliphatic carbocycles. The Bertz CT molecular complexity index is 829. The molecule has 0 saturated carbocycles. The van der Waals surface area contributed by atoms with Crippen LogP contribution in [0.2, 0.25) is 0 Å². The lowest BCUT2D eigenvalue weighted by Crippen LogP contribution is -2.47. The minimum atomic E-state index is -4.03. The van der Waals surface area contributed by atoms with Crippen LogP contribution in [-0.4, -0.2) is 34.7 Å². The van der Waals surface area contributed by atoms with Gasteiger partial charge < -0.3 is 9.05 Å². The van der Waals surface area contributed by atoms with E-state index in [1.807, 2.05) is 0 Å². The third-order valence-electron chi connectivity index (χ3n) is 3.39. The lowest BCUT2D eigenvalue weighted by atomic mass is 9.92. The predicted octanol–water partition coefficient (Wildman–Crippen LogP) is 2.35. The second kappa shape index (κ2) is 6.23. The van der Waals surface area contributed by atoms with Crippen molar-refractivity contribution < 1.29 is 26.8 Å². The van der Waals surface area contributed by atoms with Crippen LogP contribution in [0.5, 0.6) is 0 Å². The summed E-state index contributed by atoms with van der Waals surface area (Å²) < 4.78 is 49.5. The molecule has 1 N–H and O–H groups in total. The van der Waals surface area contributed by atoms with Crippen molar-refractivity contribution in [2.24, 2.45) is 0 Å². The molecule has 23 heavy (non-hydrogen) atoms. The van der Waals surface area contributed by atoms with Gasteiger partial charge in [0.25, 0.3) is 0 Å². The Morgan fingerprint density at radius 1 is 1.22 bits per heavy atom. The number of carbonyl (C=O) groups is 1. The third kappa shape index (κ3) is 3.09. The number of sulfonamides is 1. The normalized spacial score (nSPS) is 21.7. The highest BCUT2D eigenvalue weighted by molar-refractivity contribution is 9.12. The van der Waals surface area contributed by atoms with Crippen LogP contribution in [0.1, 0.15) is 15.9 Å². The van der Waals surface area contributed by atoms with Gasteiger partial charge in [-0.15, -0.1) is 0 Å². The Hall–Kier alpha value is -0.830. The van der Waals surface area contributed by atoms with Gasteiger partial charge in [-0.3, -0.25) is 9.36 Å². The van der Waals surface area contributed by atoms with Gasteiger partial charge in [0, 0.05) is 25.3 Å². The maximum absolute atomic E-state index is 13.2. The Balaban J connectivity index is 2.92. The maximum Gasteiger partial charge on any atom is 0.359 e. The molecule has 2 rings (SSSR count). The van der Waals surface area contributed by atoms with Crippen molar-refractivity contribution in [3.63, 3.8) is 0 Å². The van der Waals surface area contributed by atoms with Crippen LogP contribution >= 0.6 is 23.5 Å². The first kappa shape index (κ1) is 18.5. The largest absolute Gasteiger partial charge is 0.359 e. The fourth-order valence-electron chi connectivity index (χ4n) is 2.48. The Morgan fingerprint density at radius 2 is 1.78 bits per heavy atom. The number of rotatable bonds is 5. The number of hydrogen-bond donors (Lipinski definition) is 1. The van der Waals surface area contributed by atoms with Crippen LogP contribution in [0.15, 0.2) is 34.8 Å². The summed E-state index contributed by atoms with van der Waals surface area (Å²) in [6, 6.07) is 6.25. The predicted molar refractivity (Wildman–Crippen MR) is 89.1 cm³/mol. The zero-order chi connectivity index (χ0) is 17.5. The van der Waals surface area contributed by atoms with Crippen molar-refractivity contribution >= 4 is 39.3 Å². The minimum absolute atomic E-state index is 0.0571. The van der Waals surface area contributed by atoms with Crippen molar-refractivity contribution in [2.75, 3.05) is 20.5 Å². The van der Waals surface area contributed by atoms with Gasteiger partial charge in [0.05, 0.1) is 10.7 Å². The van der Waals surface area contributed by atoms with E-state index in [1.54, 1.807) is 12.1 Å². The SMILES string of the molecule is COP(=O)(OC)C1(NS(C)(=O)=O)C=C(Br)C(=O)c2ccccc21. The van der Waals surface area contributed by atoms with Gasteiger partial charge in [0.1, 0.15) is 0 Å². The number of carbonyl (C=O) groups excluding carboxylic acids is 1. The molecule has 0 aromatic heterocycles. The maximum atomic E-state index is 13.2. The van der Waals surface area contributed by atoms with E-state index in [2.05, 4.69) is 20.7 Å². The molecule has 126 valence electrons. The van der Waals surface area contributed by atoms with Gasteiger partial charge in [-0.05, 0) is 22.0 Å². The van der Waals surface area contributed by atoms with E-state index in [4.69, 9.17) is 9.05 Å². The lowest BCUT2D eigenvalue weighted by Gasteiger charge is -2.39. The van der Waals surface area contributed by atoms with Crippen molar-refractivity contribution in [3.8, 4) is 0 Å². The number of nitrogens with one attached hydrogen (secondary N) is 1. The van der Waals surface area contributed by atoms with Crippen LogP contribution in [-0.2, 0) is 28.9 Å². The monoisotopic (exact) mass is 423 g/mol. The second-order valence-corrected chi connectivity index (χ2v) is 9.90. The van der Waals surface area contributed by atoms with Crippen LogP contribution in [0.4, 0.5) is 0 Å². The van der Waals surface area contributed by atoms with Gasteiger partial charge in [-0.25, -0.2) is 8.42 Å². The first-order chi connectivity index (χ1) is 10.6. The molecular weight excluding hydrogens is 409 g/mol. The van der Waals surface area contributed by atoms with Gasteiger partial charge in [-0.2, -0.15) is 4.72 Å². The molecule has 0 radical (unpaired) electrons. The number of benzene rings is 1. The third-order valence-corrected chi connectivity index (χ3v) is 7.13. The summed E-state index contributed by atoms with van der Waals surface area (Å²) in [7, 11) is -5.56. The molecule has 10 heteroatoms. The summed E-state index contributed by atoms with van der Waals surface area (Å²) >= 11 is 3.10. The Labute approximate surface area is 142 Å². The standard InChI is InChI=1S/C13H15BrNO6PS/c1-20-22(17,21-2)13(15-23(3,18)19)8-11(14)12(16)9-6-4-5-7-10(9)13/h4-8,15H,1-3H3. The molecule has 1 aromatic rings. The van der Waals surface area contributed by atoms with E-state index >= 15 is 0 Å². The number of hydrogen-bond acceptors (Lipinski definition) is 6. The van der Waals surface area contributed by atoms with E-state index in [-0.39, 0.29) is 21.4 Å². The minimum Gasteiger partial charge on any atom is -0.310 e. The smallest absolute Gasteiger partial charge is 0.310 e. The molecule has 0 fully saturated rings. The summed E-state index contributed by atoms with van der Waals surface area (Å²) in [5.74, 6) is -0.356. The zero-order valence-electron chi connectivity index (χ0n) is 12.6. The zero-order valence-corrected chi connectivity index (χ0v) is 15.9. The molecular formula is C13H15BrNO6PS. The van der Waals surface area contributed by atoms with Crippen molar-refractivity contribution in [1.29, 1.82) is 0 Å². The molecule has 0 aliphatic heterocycles. The molecule has 1 unspecified atom stereocenters. The van der Waals surface area contributed by atoms with E-state index in [0.717, 1.165) is 20.5 Å². The van der Waals surface area contributed by atoms with Crippen LogP contribution in [0.3, 0.4) is 0 Å². The van der Waals surface area contributed by atoms with Crippen molar-refractivity contribution in [1.82, 2.24) is 4.72 Å². The number of halogens is 1. The number of ketones is 1. The summed E-state index contributed by atoms with van der Waals surface area (Å²) in [5, 5.41) is -1.85.